The fourth-order valence-corrected chi connectivity index (χ4v) is 2.39. The molecule has 0 saturated carbocycles. The van der Waals surface area contributed by atoms with Gasteiger partial charge in [-0.1, -0.05) is 12.1 Å². The molecule has 0 radical (unpaired) electrons. The molecule has 0 spiro atoms. The fraction of sp³-hybridized carbons (Fsp3) is 0.214. The Labute approximate surface area is 95.6 Å². The minimum absolute atomic E-state index is 1.06. The molecule has 0 amide bonds. The van der Waals surface area contributed by atoms with Crippen molar-refractivity contribution in [2.24, 2.45) is 0 Å². The van der Waals surface area contributed by atoms with E-state index in [4.69, 9.17) is 0 Å². The number of nitrogens with zero attached hydrogens (tertiary/aromatic N) is 2. The molecule has 0 unspecified atom stereocenters. The average Bonchev–Trinajstić information content (AvgIpc) is 2.75. The summed E-state index contributed by atoms with van der Waals surface area (Å²) in [7, 11) is 0. The lowest BCUT2D eigenvalue weighted by Crippen LogP contribution is -2.13. The first-order valence-corrected chi connectivity index (χ1v) is 5.62. The summed E-state index contributed by atoms with van der Waals surface area (Å²) in [6, 6.07) is 10.6. The summed E-state index contributed by atoms with van der Waals surface area (Å²) in [5, 5.41) is 0. The zero-order chi connectivity index (χ0) is 11.0. The summed E-state index contributed by atoms with van der Waals surface area (Å²) in [4.78, 5) is 6.53. The Kier molecular flexibility index (Phi) is 2.13. The van der Waals surface area contributed by atoms with Crippen LogP contribution in [-0.4, -0.2) is 11.5 Å². The lowest BCUT2D eigenvalue weighted by Gasteiger charge is -2.19. The maximum atomic E-state index is 4.18. The van der Waals surface area contributed by atoms with Crippen molar-refractivity contribution < 1.29 is 0 Å². The molecular weight excluding hydrogens is 196 g/mol. The maximum absolute atomic E-state index is 4.18. The molecular formula is C14H14N2. The van der Waals surface area contributed by atoms with Crippen LogP contribution < -0.4 is 4.90 Å². The van der Waals surface area contributed by atoms with Gasteiger partial charge in [0.25, 0.3) is 0 Å². The Morgan fingerprint density at radius 1 is 1.19 bits per heavy atom. The van der Waals surface area contributed by atoms with E-state index in [-0.39, 0.29) is 0 Å². The number of fused-ring (bicyclic) bond motifs is 1. The number of benzene rings is 1. The van der Waals surface area contributed by atoms with E-state index in [1.165, 1.54) is 22.5 Å². The van der Waals surface area contributed by atoms with Crippen LogP contribution in [0.3, 0.4) is 0 Å². The molecule has 0 aliphatic carbocycles. The monoisotopic (exact) mass is 210 g/mol. The van der Waals surface area contributed by atoms with Crippen molar-refractivity contribution in [1.29, 1.82) is 0 Å². The summed E-state index contributed by atoms with van der Waals surface area (Å²) in [6.45, 7) is 3.25. The van der Waals surface area contributed by atoms with E-state index in [0.717, 1.165) is 13.0 Å². The highest BCUT2D eigenvalue weighted by atomic mass is 15.2. The van der Waals surface area contributed by atoms with Gasteiger partial charge in [-0.2, -0.15) is 0 Å². The van der Waals surface area contributed by atoms with Crippen molar-refractivity contribution in [3.05, 3.63) is 53.9 Å². The normalized spacial score (nSPS) is 13.9. The van der Waals surface area contributed by atoms with Crippen LogP contribution in [0.2, 0.25) is 0 Å². The second-order valence-electron chi connectivity index (χ2n) is 4.19. The van der Waals surface area contributed by atoms with Gasteiger partial charge in [0.1, 0.15) is 0 Å². The second-order valence-corrected chi connectivity index (χ2v) is 4.19. The van der Waals surface area contributed by atoms with Crippen molar-refractivity contribution in [2.45, 2.75) is 13.3 Å². The topological polar surface area (TPSA) is 16.1 Å². The van der Waals surface area contributed by atoms with Crippen LogP contribution in [0.1, 0.15) is 11.1 Å². The Hall–Kier alpha value is -1.83. The molecule has 16 heavy (non-hydrogen) atoms. The Morgan fingerprint density at radius 2 is 2.12 bits per heavy atom. The van der Waals surface area contributed by atoms with Crippen LogP contribution in [0.5, 0.6) is 0 Å². The summed E-state index contributed by atoms with van der Waals surface area (Å²) in [5.41, 5.74) is 5.40. The largest absolute Gasteiger partial charge is 0.340 e. The van der Waals surface area contributed by atoms with Crippen molar-refractivity contribution >= 4 is 11.4 Å². The third kappa shape index (κ3) is 1.38. The van der Waals surface area contributed by atoms with E-state index in [1.807, 2.05) is 18.5 Å². The SMILES string of the molecule is Cc1cccc2c1CCN2c1cccnc1. The van der Waals surface area contributed by atoms with E-state index in [9.17, 15) is 0 Å². The van der Waals surface area contributed by atoms with Gasteiger partial charge in [-0.25, -0.2) is 0 Å². The molecule has 0 bridgehead atoms. The maximum Gasteiger partial charge on any atom is 0.0597 e. The average molecular weight is 210 g/mol. The molecule has 1 aromatic heterocycles. The standard InChI is InChI=1S/C14H14N2/c1-11-4-2-6-14-13(11)7-9-16(14)12-5-3-8-15-10-12/h2-6,8,10H,7,9H2,1H3. The van der Waals surface area contributed by atoms with Crippen molar-refractivity contribution in [3.8, 4) is 0 Å². The molecule has 80 valence electrons. The highest BCUT2D eigenvalue weighted by molar-refractivity contribution is 5.70. The van der Waals surface area contributed by atoms with Crippen molar-refractivity contribution in [2.75, 3.05) is 11.4 Å². The van der Waals surface area contributed by atoms with E-state index < -0.39 is 0 Å². The van der Waals surface area contributed by atoms with Crippen molar-refractivity contribution in [1.82, 2.24) is 4.98 Å². The smallest absolute Gasteiger partial charge is 0.0597 e. The predicted octanol–water partition coefficient (Wildman–Crippen LogP) is 3.08. The number of aryl methyl sites for hydroxylation is 1. The third-order valence-electron chi connectivity index (χ3n) is 3.22. The summed E-state index contributed by atoms with van der Waals surface area (Å²) < 4.78 is 0. The molecule has 3 rings (SSSR count). The number of rotatable bonds is 1. The van der Waals surface area contributed by atoms with Gasteiger partial charge in [-0.3, -0.25) is 4.98 Å². The number of aromatic nitrogens is 1. The van der Waals surface area contributed by atoms with Crippen molar-refractivity contribution in [3.63, 3.8) is 0 Å². The zero-order valence-electron chi connectivity index (χ0n) is 9.35. The molecule has 1 aliphatic rings. The Morgan fingerprint density at radius 3 is 2.94 bits per heavy atom. The number of hydrogen-bond acceptors (Lipinski definition) is 2. The lowest BCUT2D eigenvalue weighted by atomic mass is 10.1. The van der Waals surface area contributed by atoms with E-state index >= 15 is 0 Å². The molecule has 2 aromatic rings. The number of hydrogen-bond donors (Lipinski definition) is 0. The molecule has 2 heteroatoms. The Balaban J connectivity index is 2.07. The van der Waals surface area contributed by atoms with Crippen LogP contribution in [0.4, 0.5) is 11.4 Å². The number of anilines is 2. The number of pyridine rings is 1. The van der Waals surface area contributed by atoms with Gasteiger partial charge in [0.15, 0.2) is 0 Å². The van der Waals surface area contributed by atoms with Crippen LogP contribution in [0.15, 0.2) is 42.7 Å². The van der Waals surface area contributed by atoms with Gasteiger partial charge < -0.3 is 4.90 Å². The molecule has 2 heterocycles. The molecule has 0 N–H and O–H groups in total. The van der Waals surface area contributed by atoms with Crippen LogP contribution >= 0.6 is 0 Å². The first-order valence-electron chi connectivity index (χ1n) is 5.62. The van der Waals surface area contributed by atoms with Gasteiger partial charge in [0.2, 0.25) is 0 Å². The minimum atomic E-state index is 1.06. The summed E-state index contributed by atoms with van der Waals surface area (Å²) in [5.74, 6) is 0. The zero-order valence-corrected chi connectivity index (χ0v) is 9.35. The molecule has 1 aliphatic heterocycles. The summed E-state index contributed by atoms with van der Waals surface area (Å²) in [6.07, 6.45) is 4.88. The molecule has 1 aromatic carbocycles. The van der Waals surface area contributed by atoms with Crippen LogP contribution in [0.25, 0.3) is 0 Å². The van der Waals surface area contributed by atoms with Crippen LogP contribution in [-0.2, 0) is 6.42 Å². The predicted molar refractivity (Wildman–Crippen MR) is 66.1 cm³/mol. The molecule has 0 saturated heterocycles. The van der Waals surface area contributed by atoms with Crippen LogP contribution in [0, 0.1) is 6.92 Å². The van der Waals surface area contributed by atoms with Gasteiger partial charge in [0, 0.05) is 18.4 Å². The highest BCUT2D eigenvalue weighted by Gasteiger charge is 2.21. The van der Waals surface area contributed by atoms with Gasteiger partial charge in [0.05, 0.1) is 11.9 Å². The van der Waals surface area contributed by atoms with Gasteiger partial charge in [-0.05, 0) is 42.7 Å². The second kappa shape index (κ2) is 3.63. The quantitative estimate of drug-likeness (QED) is 0.719. The third-order valence-corrected chi connectivity index (χ3v) is 3.22. The highest BCUT2D eigenvalue weighted by Crippen LogP contribution is 2.35. The van der Waals surface area contributed by atoms with E-state index in [1.54, 1.807) is 0 Å². The minimum Gasteiger partial charge on any atom is -0.340 e. The first-order chi connectivity index (χ1) is 7.86. The van der Waals surface area contributed by atoms with E-state index in [2.05, 4.69) is 41.1 Å². The Bertz CT molecular complexity index is 505. The fourth-order valence-electron chi connectivity index (χ4n) is 2.39. The molecule has 0 fully saturated rings. The van der Waals surface area contributed by atoms with Gasteiger partial charge in [-0.15, -0.1) is 0 Å². The molecule has 2 nitrogen and oxygen atoms in total. The lowest BCUT2D eigenvalue weighted by molar-refractivity contribution is 0.989. The first kappa shape index (κ1) is 9.40. The molecule has 0 atom stereocenters. The van der Waals surface area contributed by atoms with E-state index in [0.29, 0.717) is 0 Å². The summed E-state index contributed by atoms with van der Waals surface area (Å²) >= 11 is 0. The van der Waals surface area contributed by atoms with Gasteiger partial charge >= 0.3 is 0 Å².